The van der Waals surface area contributed by atoms with Crippen molar-refractivity contribution < 1.29 is 30.8 Å². The number of nitrogens with one attached hydrogen (secondary N) is 1. The minimum Gasteiger partial charge on any atom is -0.349 e. The molecule has 180 valence electrons. The van der Waals surface area contributed by atoms with Crippen LogP contribution in [0.1, 0.15) is 18.2 Å². The van der Waals surface area contributed by atoms with Gasteiger partial charge in [0.05, 0.1) is 28.4 Å². The predicted octanol–water partition coefficient (Wildman–Crippen LogP) is 3.63. The Hall–Kier alpha value is -3.38. The number of likely N-dealkylation sites (N-methyl/N-ethyl adjacent to an activating group) is 1. The van der Waals surface area contributed by atoms with Gasteiger partial charge in [0.15, 0.2) is 0 Å². The zero-order valence-electron chi connectivity index (χ0n) is 18.0. The molecule has 0 bridgehead atoms. The van der Waals surface area contributed by atoms with Crippen LogP contribution in [0.25, 0.3) is 11.3 Å². The van der Waals surface area contributed by atoms with Gasteiger partial charge in [-0.2, -0.15) is 17.5 Å². The summed E-state index contributed by atoms with van der Waals surface area (Å²) in [6.45, 7) is 1.33. The molecule has 1 N–H and O–H groups in total. The van der Waals surface area contributed by atoms with Gasteiger partial charge in [-0.15, -0.1) is 0 Å². The number of hydrogen-bond acceptors (Lipinski definition) is 5. The molecule has 1 amide bonds. The summed E-state index contributed by atoms with van der Waals surface area (Å²) in [7, 11) is -2.81. The van der Waals surface area contributed by atoms with Crippen molar-refractivity contribution in [2.75, 3.05) is 7.05 Å². The second-order valence-electron chi connectivity index (χ2n) is 7.34. The highest BCUT2D eigenvalue weighted by atomic mass is 32.2. The number of alkyl halides is 3. The van der Waals surface area contributed by atoms with Crippen LogP contribution >= 0.6 is 0 Å². The Morgan fingerprint density at radius 1 is 1.06 bits per heavy atom. The number of halogens is 4. The van der Waals surface area contributed by atoms with Gasteiger partial charge in [0, 0.05) is 12.6 Å². The third-order valence-electron chi connectivity index (χ3n) is 5.09. The van der Waals surface area contributed by atoms with Crippen LogP contribution in [0.5, 0.6) is 0 Å². The molecule has 1 atom stereocenters. The van der Waals surface area contributed by atoms with Gasteiger partial charge in [-0.25, -0.2) is 22.8 Å². The number of hydrogen-bond donors (Lipinski definition) is 1. The highest BCUT2D eigenvalue weighted by molar-refractivity contribution is 7.89. The van der Waals surface area contributed by atoms with Gasteiger partial charge in [0.1, 0.15) is 18.2 Å². The average molecular weight is 496 g/mol. The maximum absolute atomic E-state index is 13.1. The molecule has 1 aromatic heterocycles. The van der Waals surface area contributed by atoms with E-state index >= 15 is 0 Å². The summed E-state index contributed by atoms with van der Waals surface area (Å²) in [6, 6.07) is 9.10. The van der Waals surface area contributed by atoms with Crippen molar-refractivity contribution in [2.45, 2.75) is 30.6 Å². The molecule has 2 aromatic carbocycles. The van der Waals surface area contributed by atoms with E-state index in [1.54, 1.807) is 0 Å². The molecule has 0 aliphatic heterocycles. The average Bonchev–Trinajstić information content (AvgIpc) is 2.81. The minimum atomic E-state index is -4.45. The van der Waals surface area contributed by atoms with Gasteiger partial charge in [-0.1, -0.05) is 12.1 Å². The summed E-state index contributed by atoms with van der Waals surface area (Å²) in [5, 5.41) is 2.58. The van der Waals surface area contributed by atoms with Crippen molar-refractivity contribution in [3.05, 3.63) is 78.0 Å². The van der Waals surface area contributed by atoms with E-state index < -0.39 is 39.5 Å². The van der Waals surface area contributed by atoms with Crippen LogP contribution in [0.2, 0.25) is 0 Å². The van der Waals surface area contributed by atoms with Gasteiger partial charge in [-0.3, -0.25) is 4.79 Å². The van der Waals surface area contributed by atoms with E-state index in [-0.39, 0.29) is 11.4 Å². The molecule has 0 aliphatic rings. The van der Waals surface area contributed by atoms with E-state index in [0.717, 1.165) is 40.7 Å². The monoisotopic (exact) mass is 496 g/mol. The van der Waals surface area contributed by atoms with Crippen LogP contribution in [-0.2, 0) is 27.5 Å². The molecule has 7 nitrogen and oxygen atoms in total. The molecule has 0 spiro atoms. The lowest BCUT2D eigenvalue weighted by Crippen LogP contribution is -2.45. The van der Waals surface area contributed by atoms with Crippen LogP contribution in [-0.4, -0.2) is 41.7 Å². The van der Waals surface area contributed by atoms with Gasteiger partial charge in [-0.05, 0) is 49.4 Å². The van der Waals surface area contributed by atoms with Gasteiger partial charge < -0.3 is 5.32 Å². The van der Waals surface area contributed by atoms with Crippen molar-refractivity contribution in [3.8, 4) is 11.3 Å². The maximum atomic E-state index is 13.1. The van der Waals surface area contributed by atoms with Crippen LogP contribution in [0.3, 0.4) is 0 Å². The zero-order chi connectivity index (χ0) is 25.1. The fourth-order valence-corrected chi connectivity index (χ4v) is 4.28. The molecular formula is C22H20F4N4O3S. The second-order valence-corrected chi connectivity index (χ2v) is 9.34. The van der Waals surface area contributed by atoms with Crippen LogP contribution in [0.4, 0.5) is 17.6 Å². The molecule has 12 heteroatoms. The topological polar surface area (TPSA) is 92.3 Å². The Labute approximate surface area is 193 Å². The Morgan fingerprint density at radius 3 is 2.26 bits per heavy atom. The highest BCUT2D eigenvalue weighted by Crippen LogP contribution is 2.30. The number of benzene rings is 2. The summed E-state index contributed by atoms with van der Waals surface area (Å²) < 4.78 is 77.6. The van der Waals surface area contributed by atoms with Gasteiger partial charge in [0.2, 0.25) is 15.9 Å². The van der Waals surface area contributed by atoms with Crippen molar-refractivity contribution in [2.24, 2.45) is 0 Å². The fraction of sp³-hybridized carbons (Fsp3) is 0.227. The van der Waals surface area contributed by atoms with E-state index in [2.05, 4.69) is 15.3 Å². The maximum Gasteiger partial charge on any atom is 0.416 e. The van der Waals surface area contributed by atoms with E-state index in [0.29, 0.717) is 17.0 Å². The zero-order valence-corrected chi connectivity index (χ0v) is 18.9. The molecule has 1 heterocycles. The number of amides is 1. The highest BCUT2D eigenvalue weighted by Gasteiger charge is 2.30. The first-order valence-electron chi connectivity index (χ1n) is 9.89. The van der Waals surface area contributed by atoms with Gasteiger partial charge >= 0.3 is 6.18 Å². The summed E-state index contributed by atoms with van der Waals surface area (Å²) >= 11 is 0. The lowest BCUT2D eigenvalue weighted by Gasteiger charge is -2.23. The molecule has 3 rings (SSSR count). The summed E-state index contributed by atoms with van der Waals surface area (Å²) in [4.78, 5) is 20.5. The van der Waals surface area contributed by atoms with E-state index in [9.17, 15) is 30.8 Å². The lowest BCUT2D eigenvalue weighted by molar-refractivity contribution is -0.137. The smallest absolute Gasteiger partial charge is 0.349 e. The normalized spacial score (nSPS) is 13.0. The molecule has 0 fully saturated rings. The molecule has 3 aromatic rings. The quantitative estimate of drug-likeness (QED) is 0.505. The van der Waals surface area contributed by atoms with Crippen LogP contribution < -0.4 is 5.32 Å². The number of carbonyl (C=O) groups excluding carboxylic acids is 1. The molecular weight excluding hydrogens is 476 g/mol. The molecule has 0 saturated carbocycles. The minimum absolute atomic E-state index is 0.0657. The molecule has 34 heavy (non-hydrogen) atoms. The van der Waals surface area contributed by atoms with Crippen molar-refractivity contribution in [1.29, 1.82) is 0 Å². The second kappa shape index (κ2) is 9.85. The first-order valence-corrected chi connectivity index (χ1v) is 11.3. The predicted molar refractivity (Wildman–Crippen MR) is 115 cm³/mol. The fourth-order valence-electron chi connectivity index (χ4n) is 2.95. The number of aromatic nitrogens is 2. The van der Waals surface area contributed by atoms with Crippen molar-refractivity contribution in [3.63, 3.8) is 0 Å². The molecule has 0 radical (unpaired) electrons. The Kier molecular flexibility index (Phi) is 7.32. The van der Waals surface area contributed by atoms with E-state index in [1.807, 2.05) is 0 Å². The van der Waals surface area contributed by atoms with Crippen LogP contribution in [0, 0.1) is 5.82 Å². The third kappa shape index (κ3) is 5.75. The number of carbonyl (C=O) groups is 1. The summed E-state index contributed by atoms with van der Waals surface area (Å²) in [5.41, 5.74) is 0.375. The molecule has 0 aliphatic carbocycles. The third-order valence-corrected chi connectivity index (χ3v) is 7.03. The molecule has 0 unspecified atom stereocenters. The van der Waals surface area contributed by atoms with Gasteiger partial charge in [0.25, 0.3) is 0 Å². The van der Waals surface area contributed by atoms with E-state index in [1.165, 1.54) is 38.5 Å². The lowest BCUT2D eigenvalue weighted by atomic mass is 10.1. The Morgan fingerprint density at radius 2 is 1.68 bits per heavy atom. The SMILES string of the molecule is C[C@H](C(=O)NCc1cc(-c2ccc(C(F)(F)F)cc2)ncn1)N(C)S(=O)(=O)c1ccc(F)cc1. The number of sulfonamides is 1. The molecule has 0 saturated heterocycles. The van der Waals surface area contributed by atoms with Crippen molar-refractivity contribution >= 4 is 15.9 Å². The number of nitrogens with zero attached hydrogens (tertiary/aromatic N) is 3. The van der Waals surface area contributed by atoms with Crippen LogP contribution in [0.15, 0.2) is 65.8 Å². The summed E-state index contributed by atoms with van der Waals surface area (Å²) in [5.74, 6) is -1.20. The Bertz CT molecular complexity index is 1260. The van der Waals surface area contributed by atoms with Crippen molar-refractivity contribution in [1.82, 2.24) is 19.6 Å². The Balaban J connectivity index is 1.67. The van der Waals surface area contributed by atoms with E-state index in [4.69, 9.17) is 0 Å². The number of rotatable bonds is 7. The standard InChI is InChI=1S/C22H20F4N4O3S/c1-14(30(2)34(32,33)19-9-7-17(23)8-10-19)21(31)27-12-18-11-20(29-13-28-18)15-3-5-16(6-4-15)22(24,25)26/h3-11,13-14H,12H2,1-2H3,(H,27,31)/t14-/m1/s1. The summed E-state index contributed by atoms with van der Waals surface area (Å²) in [6.07, 6.45) is -3.24. The largest absolute Gasteiger partial charge is 0.416 e. The first-order chi connectivity index (χ1) is 15.9. The first kappa shape index (κ1) is 25.2.